The van der Waals surface area contributed by atoms with Gasteiger partial charge in [0.15, 0.2) is 0 Å². The maximum absolute atomic E-state index is 12.6. The van der Waals surface area contributed by atoms with Gasteiger partial charge in [0.2, 0.25) is 0 Å². The van der Waals surface area contributed by atoms with Crippen molar-refractivity contribution in [3.05, 3.63) is 0 Å². The highest BCUT2D eigenvalue weighted by Gasteiger charge is 2.50. The van der Waals surface area contributed by atoms with Crippen LogP contribution in [-0.2, 0) is 0 Å². The molecule has 2 fully saturated rings. The molecule has 12 heavy (non-hydrogen) atoms. The van der Waals surface area contributed by atoms with Crippen LogP contribution in [-0.4, -0.2) is 31.2 Å². The fourth-order valence-corrected chi connectivity index (χ4v) is 3.15. The van der Waals surface area contributed by atoms with Crippen LogP contribution >= 0.6 is 0 Å². The summed E-state index contributed by atoms with van der Waals surface area (Å²) >= 11 is 0. The van der Waals surface area contributed by atoms with E-state index in [2.05, 4.69) is 11.9 Å². The van der Waals surface area contributed by atoms with Gasteiger partial charge in [0, 0.05) is 13.1 Å². The Balaban J connectivity index is 1.70. The standard InChI is InChI=1S/C10H18FN/c1-8(11)3-9-4-10(5-9)6-12(2)7-10/h8-9H,3-7H2,1-2H3. The minimum atomic E-state index is -0.592. The van der Waals surface area contributed by atoms with Crippen molar-refractivity contribution in [1.82, 2.24) is 4.90 Å². The molecule has 1 spiro atoms. The first-order valence-electron chi connectivity index (χ1n) is 4.92. The van der Waals surface area contributed by atoms with Gasteiger partial charge < -0.3 is 4.90 Å². The van der Waals surface area contributed by atoms with Crippen molar-refractivity contribution < 1.29 is 4.39 Å². The first-order chi connectivity index (χ1) is 5.60. The highest BCUT2D eigenvalue weighted by atomic mass is 19.1. The molecule has 70 valence electrons. The monoisotopic (exact) mass is 171 g/mol. The van der Waals surface area contributed by atoms with Gasteiger partial charge in [-0.3, -0.25) is 0 Å². The maximum atomic E-state index is 12.6. The lowest BCUT2D eigenvalue weighted by molar-refractivity contribution is -0.0875. The zero-order valence-corrected chi connectivity index (χ0v) is 8.02. The summed E-state index contributed by atoms with van der Waals surface area (Å²) in [6.07, 6.45) is 2.77. The Bertz CT molecular complexity index is 165. The van der Waals surface area contributed by atoms with E-state index in [1.807, 2.05) is 0 Å². The average Bonchev–Trinajstić information content (AvgIpc) is 1.78. The molecular weight excluding hydrogens is 153 g/mol. The predicted molar refractivity (Wildman–Crippen MR) is 47.8 cm³/mol. The van der Waals surface area contributed by atoms with Crippen LogP contribution in [0.1, 0.15) is 26.2 Å². The van der Waals surface area contributed by atoms with E-state index in [1.165, 1.54) is 25.9 Å². The lowest BCUT2D eigenvalue weighted by atomic mass is 9.57. The molecule has 0 amide bonds. The number of likely N-dealkylation sites (tertiary alicyclic amines) is 1. The molecular formula is C10H18FN. The molecule has 1 heterocycles. The minimum absolute atomic E-state index is 0.592. The van der Waals surface area contributed by atoms with Crippen molar-refractivity contribution in [3.8, 4) is 0 Å². The zero-order valence-electron chi connectivity index (χ0n) is 8.02. The molecule has 1 unspecified atom stereocenters. The molecule has 1 aliphatic carbocycles. The molecule has 1 saturated carbocycles. The third-order valence-corrected chi connectivity index (χ3v) is 3.31. The number of rotatable bonds is 2. The van der Waals surface area contributed by atoms with Crippen molar-refractivity contribution in [3.63, 3.8) is 0 Å². The molecule has 2 heteroatoms. The second-order valence-electron chi connectivity index (χ2n) is 4.96. The second kappa shape index (κ2) is 2.69. The summed E-state index contributed by atoms with van der Waals surface area (Å²) in [6.45, 7) is 4.19. The SMILES string of the molecule is CC(F)CC1CC2(C1)CN(C)C2. The Kier molecular flexibility index (Phi) is 1.90. The Hall–Kier alpha value is -0.110. The van der Waals surface area contributed by atoms with Crippen LogP contribution in [0.2, 0.25) is 0 Å². The van der Waals surface area contributed by atoms with E-state index in [0.717, 1.165) is 6.42 Å². The van der Waals surface area contributed by atoms with Crippen LogP contribution in [0.3, 0.4) is 0 Å². The summed E-state index contributed by atoms with van der Waals surface area (Å²) in [6, 6.07) is 0. The molecule has 2 aliphatic rings. The quantitative estimate of drug-likeness (QED) is 0.615. The first-order valence-corrected chi connectivity index (χ1v) is 4.92. The topological polar surface area (TPSA) is 3.24 Å². The van der Waals surface area contributed by atoms with Gasteiger partial charge in [-0.15, -0.1) is 0 Å². The highest BCUT2D eigenvalue weighted by molar-refractivity contribution is 5.03. The highest BCUT2D eigenvalue weighted by Crippen LogP contribution is 2.52. The molecule has 0 bridgehead atoms. The van der Waals surface area contributed by atoms with Gasteiger partial charge in [-0.2, -0.15) is 0 Å². The molecule has 0 aromatic heterocycles. The number of hydrogen-bond donors (Lipinski definition) is 0. The van der Waals surface area contributed by atoms with E-state index in [4.69, 9.17) is 0 Å². The van der Waals surface area contributed by atoms with Crippen LogP contribution in [0, 0.1) is 11.3 Å². The van der Waals surface area contributed by atoms with E-state index < -0.39 is 6.17 Å². The summed E-state index contributed by atoms with van der Waals surface area (Å²) in [5, 5.41) is 0. The number of hydrogen-bond acceptors (Lipinski definition) is 1. The lowest BCUT2D eigenvalue weighted by Gasteiger charge is -2.58. The fourth-order valence-electron chi connectivity index (χ4n) is 3.15. The average molecular weight is 171 g/mol. The van der Waals surface area contributed by atoms with E-state index in [0.29, 0.717) is 11.3 Å². The van der Waals surface area contributed by atoms with Gasteiger partial charge in [0.1, 0.15) is 0 Å². The largest absolute Gasteiger partial charge is 0.305 e. The van der Waals surface area contributed by atoms with E-state index in [9.17, 15) is 4.39 Å². The van der Waals surface area contributed by atoms with Gasteiger partial charge in [-0.1, -0.05) is 0 Å². The maximum Gasteiger partial charge on any atom is 0.0976 e. The molecule has 0 aromatic rings. The van der Waals surface area contributed by atoms with Crippen molar-refractivity contribution in [2.45, 2.75) is 32.4 Å². The normalized spacial score (nSPS) is 31.2. The summed E-state index contributed by atoms with van der Waals surface area (Å²) in [7, 11) is 2.16. The molecule has 1 atom stereocenters. The van der Waals surface area contributed by atoms with E-state index in [-0.39, 0.29) is 0 Å². The molecule has 0 N–H and O–H groups in total. The summed E-state index contributed by atoms with van der Waals surface area (Å²) in [4.78, 5) is 2.36. The van der Waals surface area contributed by atoms with E-state index >= 15 is 0 Å². The predicted octanol–water partition coefficient (Wildman–Crippen LogP) is 2.08. The van der Waals surface area contributed by atoms with Gasteiger partial charge in [0.05, 0.1) is 6.17 Å². The Labute approximate surface area is 73.9 Å². The molecule has 1 aliphatic heterocycles. The minimum Gasteiger partial charge on any atom is -0.305 e. The van der Waals surface area contributed by atoms with Crippen molar-refractivity contribution >= 4 is 0 Å². The lowest BCUT2D eigenvalue weighted by Crippen LogP contribution is -2.60. The van der Waals surface area contributed by atoms with Crippen LogP contribution in [0.5, 0.6) is 0 Å². The molecule has 2 rings (SSSR count). The van der Waals surface area contributed by atoms with Crippen LogP contribution in [0.4, 0.5) is 4.39 Å². The molecule has 0 aromatic carbocycles. The zero-order chi connectivity index (χ0) is 8.77. The first kappa shape index (κ1) is 8.49. The van der Waals surface area contributed by atoms with Crippen LogP contribution < -0.4 is 0 Å². The smallest absolute Gasteiger partial charge is 0.0976 e. The van der Waals surface area contributed by atoms with Gasteiger partial charge in [-0.05, 0) is 44.6 Å². The third-order valence-electron chi connectivity index (χ3n) is 3.31. The summed E-state index contributed by atoms with van der Waals surface area (Å²) < 4.78 is 12.6. The summed E-state index contributed by atoms with van der Waals surface area (Å²) in [5.41, 5.74) is 0.633. The molecule has 0 radical (unpaired) electrons. The Morgan fingerprint density at radius 2 is 2.08 bits per heavy atom. The van der Waals surface area contributed by atoms with Gasteiger partial charge >= 0.3 is 0 Å². The van der Waals surface area contributed by atoms with E-state index in [1.54, 1.807) is 6.92 Å². The number of nitrogens with zero attached hydrogens (tertiary/aromatic N) is 1. The second-order valence-corrected chi connectivity index (χ2v) is 4.96. The fraction of sp³-hybridized carbons (Fsp3) is 1.00. The summed E-state index contributed by atoms with van der Waals surface area (Å²) in [5.74, 6) is 0.693. The van der Waals surface area contributed by atoms with Crippen molar-refractivity contribution in [2.24, 2.45) is 11.3 Å². The van der Waals surface area contributed by atoms with Gasteiger partial charge in [0.25, 0.3) is 0 Å². The van der Waals surface area contributed by atoms with Crippen molar-refractivity contribution in [1.29, 1.82) is 0 Å². The number of alkyl halides is 1. The van der Waals surface area contributed by atoms with Gasteiger partial charge in [-0.25, -0.2) is 4.39 Å². The Morgan fingerprint density at radius 3 is 2.50 bits per heavy atom. The molecule has 1 saturated heterocycles. The van der Waals surface area contributed by atoms with Crippen molar-refractivity contribution in [2.75, 3.05) is 20.1 Å². The third kappa shape index (κ3) is 1.37. The number of halogens is 1. The Morgan fingerprint density at radius 1 is 1.50 bits per heavy atom. The van der Waals surface area contributed by atoms with Crippen LogP contribution in [0.25, 0.3) is 0 Å². The van der Waals surface area contributed by atoms with Crippen LogP contribution in [0.15, 0.2) is 0 Å². The molecule has 1 nitrogen and oxygen atoms in total.